The first-order chi connectivity index (χ1) is 38.4. The van der Waals surface area contributed by atoms with Crippen molar-refractivity contribution >= 4 is 88.5 Å². The molecular weight excluding hydrogens is 978 g/mol. The number of nitrogens with zero attached hydrogens (tertiary/aromatic N) is 3. The summed E-state index contributed by atoms with van der Waals surface area (Å²) in [6, 6.07) is 59.5. The van der Waals surface area contributed by atoms with Crippen LogP contribution in [-0.2, 0) is 27.1 Å². The number of fused-ring (bicyclic) bond motifs is 18. The predicted molar refractivity (Wildman–Crippen MR) is 348 cm³/mol. The van der Waals surface area contributed by atoms with E-state index in [9.17, 15) is 0 Å². The molecule has 400 valence electrons. The van der Waals surface area contributed by atoms with Crippen molar-refractivity contribution in [1.82, 2.24) is 13.7 Å². The summed E-state index contributed by atoms with van der Waals surface area (Å²) >= 11 is 0. The molecular formula is C77H74BN3. The minimum atomic E-state index is -0.639. The highest BCUT2D eigenvalue weighted by molar-refractivity contribution is 7.02. The molecule has 0 radical (unpaired) electrons. The van der Waals surface area contributed by atoms with Gasteiger partial charge in [0, 0.05) is 54.9 Å². The van der Waals surface area contributed by atoms with Gasteiger partial charge in [0.05, 0.1) is 33.0 Å². The predicted octanol–water partition coefficient (Wildman–Crippen LogP) is 18.2. The van der Waals surface area contributed by atoms with E-state index >= 15 is 0 Å². The second kappa shape index (κ2) is 15.5. The van der Waals surface area contributed by atoms with Crippen molar-refractivity contribution in [3.05, 3.63) is 201 Å². The van der Waals surface area contributed by atoms with Crippen molar-refractivity contribution in [2.45, 2.75) is 150 Å². The van der Waals surface area contributed by atoms with Gasteiger partial charge in [-0.25, -0.2) is 0 Å². The fourth-order valence-electron chi connectivity index (χ4n) is 15.8. The lowest BCUT2D eigenvalue weighted by atomic mass is 9.33. The van der Waals surface area contributed by atoms with Crippen molar-refractivity contribution in [3.8, 4) is 28.2 Å². The third-order valence-electron chi connectivity index (χ3n) is 20.2. The van der Waals surface area contributed by atoms with Gasteiger partial charge >= 0.3 is 0 Å². The molecule has 9 aromatic carbocycles. The minimum Gasteiger partial charge on any atom is -0.310 e. The average molecular weight is 1050 g/mol. The molecule has 1 aliphatic carbocycles. The fourth-order valence-corrected chi connectivity index (χ4v) is 15.8. The third-order valence-corrected chi connectivity index (χ3v) is 20.2. The van der Waals surface area contributed by atoms with Crippen LogP contribution in [0.1, 0.15) is 178 Å². The average Bonchev–Trinajstić information content (AvgIpc) is 4.29. The maximum Gasteiger partial charge on any atom is 0.253 e. The molecule has 0 saturated heterocycles. The molecule has 4 aliphatic rings. The van der Waals surface area contributed by atoms with Gasteiger partial charge in [-0.2, -0.15) is 0 Å². The van der Waals surface area contributed by atoms with Crippen molar-refractivity contribution in [2.24, 2.45) is 0 Å². The van der Waals surface area contributed by atoms with Gasteiger partial charge in [0.1, 0.15) is 0 Å². The van der Waals surface area contributed by atoms with Crippen molar-refractivity contribution in [3.63, 3.8) is 0 Å². The first-order valence-electron chi connectivity index (χ1n) is 30.2. The highest BCUT2D eigenvalue weighted by Gasteiger charge is 2.55. The van der Waals surface area contributed by atoms with Gasteiger partial charge < -0.3 is 13.7 Å². The Morgan fingerprint density at radius 2 is 0.951 bits per heavy atom. The van der Waals surface area contributed by atoms with E-state index in [4.69, 9.17) is 0 Å². The summed E-state index contributed by atoms with van der Waals surface area (Å²) in [5.74, 6) is 0.761. The Hall–Kier alpha value is -7.56. The third kappa shape index (κ3) is 6.17. The van der Waals surface area contributed by atoms with Crippen LogP contribution < -0.4 is 16.4 Å². The Kier molecular flexibility index (Phi) is 9.43. The van der Waals surface area contributed by atoms with Crippen molar-refractivity contribution in [2.75, 3.05) is 0 Å². The van der Waals surface area contributed by atoms with Gasteiger partial charge in [0.15, 0.2) is 0 Å². The monoisotopic (exact) mass is 1050 g/mol. The summed E-state index contributed by atoms with van der Waals surface area (Å²) in [6.45, 7) is 38.2. The topological polar surface area (TPSA) is 14.8 Å². The zero-order valence-electron chi connectivity index (χ0n) is 50.4. The maximum absolute atomic E-state index is 2.83. The van der Waals surface area contributed by atoms with Crippen LogP contribution in [0.4, 0.5) is 0 Å². The van der Waals surface area contributed by atoms with E-state index in [1.54, 1.807) is 0 Å². The molecule has 3 aromatic heterocycles. The van der Waals surface area contributed by atoms with Gasteiger partial charge in [0.2, 0.25) is 0 Å². The lowest BCUT2D eigenvalue weighted by molar-refractivity contribution is 0.583. The molecule has 0 fully saturated rings. The maximum atomic E-state index is 2.83. The number of hydrogen-bond acceptors (Lipinski definition) is 0. The lowest BCUT2D eigenvalue weighted by Crippen LogP contribution is -2.61. The van der Waals surface area contributed by atoms with Gasteiger partial charge in [-0.05, 0) is 171 Å². The Morgan fingerprint density at radius 3 is 1.57 bits per heavy atom. The van der Waals surface area contributed by atoms with Crippen molar-refractivity contribution < 1.29 is 0 Å². The molecule has 4 heteroatoms. The molecule has 3 nitrogen and oxygen atoms in total. The standard InChI is InChI=1S/C77H74BN3/c1-41(2)43-23-30-62-53(32-43)56-40-65-66(52-26-22-44(42(3)4)33-64(52)79(65)49-20-18-17-19-21-49)68-71(56)80(62)63-31-29-57-72-67(63)78(68)61-39-48(76(14,15)16)35-55-54-34-47(75(11,12)13)38-60(69(54)81(72)70(55)61)77(57)58-36-45(73(5,6)7)24-27-50(58)51-28-25-46(37-59(51)77)74(8,9)10/h17-42H,1-16H3. The van der Waals surface area contributed by atoms with Crippen LogP contribution in [0.5, 0.6) is 0 Å². The van der Waals surface area contributed by atoms with E-state index in [-0.39, 0.29) is 28.4 Å². The molecule has 0 bridgehead atoms. The van der Waals surface area contributed by atoms with Crippen LogP contribution in [-0.4, -0.2) is 20.4 Å². The van der Waals surface area contributed by atoms with E-state index in [1.807, 2.05) is 0 Å². The summed E-state index contributed by atoms with van der Waals surface area (Å²) in [5.41, 5.74) is 31.6. The van der Waals surface area contributed by atoms with E-state index in [0.717, 1.165) is 0 Å². The fraction of sp³-hybridized carbons (Fsp3) is 0.299. The zero-order valence-corrected chi connectivity index (χ0v) is 50.4. The second-order valence-corrected chi connectivity index (χ2v) is 29.8. The largest absolute Gasteiger partial charge is 0.310 e. The summed E-state index contributed by atoms with van der Waals surface area (Å²) in [7, 11) is 0. The molecule has 3 aliphatic heterocycles. The summed E-state index contributed by atoms with van der Waals surface area (Å²) in [6.07, 6.45) is 0. The van der Waals surface area contributed by atoms with E-state index in [0.29, 0.717) is 11.8 Å². The number of para-hydroxylation sites is 1. The lowest BCUT2D eigenvalue weighted by Gasteiger charge is -2.45. The molecule has 1 spiro atoms. The summed E-state index contributed by atoms with van der Waals surface area (Å²) in [5, 5.41) is 8.06. The van der Waals surface area contributed by atoms with Gasteiger partial charge in [0.25, 0.3) is 6.71 Å². The Balaban J connectivity index is 1.19. The molecule has 0 unspecified atom stereocenters. The first kappa shape index (κ1) is 49.3. The number of rotatable bonds is 3. The highest BCUT2D eigenvalue weighted by Crippen LogP contribution is 2.63. The molecule has 0 saturated carbocycles. The minimum absolute atomic E-state index is 0.0680. The zero-order chi connectivity index (χ0) is 56.3. The van der Waals surface area contributed by atoms with Crippen LogP contribution in [0.2, 0.25) is 0 Å². The molecule has 6 heterocycles. The molecule has 0 atom stereocenters. The summed E-state index contributed by atoms with van der Waals surface area (Å²) < 4.78 is 8.17. The second-order valence-electron chi connectivity index (χ2n) is 29.8. The van der Waals surface area contributed by atoms with Crippen molar-refractivity contribution in [1.29, 1.82) is 0 Å². The summed E-state index contributed by atoms with van der Waals surface area (Å²) in [4.78, 5) is 0. The van der Waals surface area contributed by atoms with Crippen LogP contribution in [0.25, 0.3) is 93.6 Å². The van der Waals surface area contributed by atoms with Crippen LogP contribution in [0.3, 0.4) is 0 Å². The first-order valence-corrected chi connectivity index (χ1v) is 30.2. The number of benzene rings is 9. The Bertz CT molecular complexity index is 4780. The molecule has 81 heavy (non-hydrogen) atoms. The quantitative estimate of drug-likeness (QED) is 0.157. The van der Waals surface area contributed by atoms with Gasteiger partial charge in [-0.15, -0.1) is 0 Å². The molecule has 0 N–H and O–H groups in total. The van der Waals surface area contributed by atoms with E-state index in [2.05, 4.69) is 270 Å². The van der Waals surface area contributed by atoms with Gasteiger partial charge in [-0.3, -0.25) is 0 Å². The Labute approximate surface area is 478 Å². The Morgan fingerprint density at radius 1 is 0.383 bits per heavy atom. The molecule has 16 rings (SSSR count). The molecule has 0 amide bonds. The van der Waals surface area contributed by atoms with Gasteiger partial charge in [-0.1, -0.05) is 202 Å². The number of aromatic nitrogens is 3. The normalized spacial score (nSPS) is 15.0. The SMILES string of the molecule is CC(C)c1ccc2c(c1)c1cc3c(c4c1n2-c1ccc2c5c1B4c1cc(C(C)(C)C)cc4c6cc(C(C)(C)C)cc(c6n-5c14)C21c2cc(C(C)(C)C)ccc2-c2ccc(C(C)(C)C)cc21)c1ccc(C(C)C)cc1n3-c1ccccc1. The molecule has 12 aromatic rings. The van der Waals surface area contributed by atoms with E-state index in [1.165, 1.54) is 166 Å². The van der Waals surface area contributed by atoms with Crippen LogP contribution in [0, 0.1) is 0 Å². The number of hydrogen-bond donors (Lipinski definition) is 0. The van der Waals surface area contributed by atoms with Crippen LogP contribution >= 0.6 is 0 Å². The highest BCUT2D eigenvalue weighted by atomic mass is 15.1. The van der Waals surface area contributed by atoms with E-state index < -0.39 is 5.41 Å². The van der Waals surface area contributed by atoms with Crippen LogP contribution in [0.15, 0.2) is 146 Å². The smallest absolute Gasteiger partial charge is 0.253 e.